The van der Waals surface area contributed by atoms with E-state index in [-0.39, 0.29) is 11.9 Å². The zero-order valence-corrected chi connectivity index (χ0v) is 13.1. The van der Waals surface area contributed by atoms with Gasteiger partial charge < -0.3 is 4.90 Å². The van der Waals surface area contributed by atoms with Crippen molar-refractivity contribution in [3.8, 4) is 0 Å². The van der Waals surface area contributed by atoms with Crippen molar-refractivity contribution in [1.82, 2.24) is 24.9 Å². The van der Waals surface area contributed by atoms with Crippen LogP contribution in [0.5, 0.6) is 0 Å². The third-order valence-electron chi connectivity index (χ3n) is 5.14. The number of carbonyl (C=O) groups is 1. The first-order valence-corrected chi connectivity index (χ1v) is 8.01. The van der Waals surface area contributed by atoms with Gasteiger partial charge in [0.25, 0.3) is 5.91 Å². The Hall–Kier alpha value is -2.11. The molecular formula is C16H21N5O. The fourth-order valence-corrected chi connectivity index (χ4v) is 3.89. The molecule has 4 rings (SSSR count). The van der Waals surface area contributed by atoms with Crippen LogP contribution in [0.15, 0.2) is 6.20 Å². The van der Waals surface area contributed by atoms with Gasteiger partial charge in [-0.05, 0) is 38.5 Å². The van der Waals surface area contributed by atoms with Crippen LogP contribution in [-0.4, -0.2) is 37.8 Å². The maximum Gasteiger partial charge on any atom is 0.274 e. The quantitative estimate of drug-likeness (QED) is 0.919. The lowest BCUT2D eigenvalue weighted by atomic mass is 9.91. The summed E-state index contributed by atoms with van der Waals surface area (Å²) in [5.74, 6) is 0.0288. The minimum atomic E-state index is 0.0288. The topological polar surface area (TPSA) is 66.8 Å². The molecule has 0 aliphatic heterocycles. The van der Waals surface area contributed by atoms with Gasteiger partial charge in [0.05, 0.1) is 12.2 Å². The van der Waals surface area contributed by atoms with Crippen molar-refractivity contribution in [1.29, 1.82) is 0 Å². The summed E-state index contributed by atoms with van der Waals surface area (Å²) in [6.45, 7) is 0. The average Bonchev–Trinajstić information content (AvgIpc) is 3.21. The molecule has 22 heavy (non-hydrogen) atoms. The first-order valence-electron chi connectivity index (χ1n) is 8.01. The largest absolute Gasteiger partial charge is 0.333 e. The Bertz CT molecular complexity index is 729. The summed E-state index contributed by atoms with van der Waals surface area (Å²) >= 11 is 0. The normalized spacial score (nSPS) is 19.8. The molecule has 1 unspecified atom stereocenters. The predicted molar refractivity (Wildman–Crippen MR) is 81.6 cm³/mol. The zero-order chi connectivity index (χ0) is 15.3. The molecule has 6 nitrogen and oxygen atoms in total. The lowest BCUT2D eigenvalue weighted by Crippen LogP contribution is -2.34. The second kappa shape index (κ2) is 4.97. The molecule has 0 saturated heterocycles. The number of aryl methyl sites for hydroxylation is 2. The molecule has 2 heterocycles. The molecule has 2 aromatic heterocycles. The summed E-state index contributed by atoms with van der Waals surface area (Å²) in [5.41, 5.74) is 5.33. The summed E-state index contributed by atoms with van der Waals surface area (Å²) in [4.78, 5) is 14.8. The Balaban J connectivity index is 1.64. The van der Waals surface area contributed by atoms with Gasteiger partial charge in [0.15, 0.2) is 5.69 Å². The van der Waals surface area contributed by atoms with Gasteiger partial charge in [-0.3, -0.25) is 14.6 Å². The van der Waals surface area contributed by atoms with Crippen LogP contribution in [0.4, 0.5) is 0 Å². The first-order chi connectivity index (χ1) is 10.7. The summed E-state index contributed by atoms with van der Waals surface area (Å²) in [6.07, 6.45) is 8.13. The van der Waals surface area contributed by atoms with E-state index in [1.54, 1.807) is 0 Å². The van der Waals surface area contributed by atoms with Crippen LogP contribution < -0.4 is 0 Å². The fourth-order valence-electron chi connectivity index (χ4n) is 3.89. The molecule has 2 aliphatic carbocycles. The highest BCUT2D eigenvalue weighted by atomic mass is 16.2. The molecule has 6 heteroatoms. The highest BCUT2D eigenvalue weighted by Crippen LogP contribution is 2.34. The van der Waals surface area contributed by atoms with Crippen LogP contribution in [0.2, 0.25) is 0 Å². The monoisotopic (exact) mass is 299 g/mol. The van der Waals surface area contributed by atoms with E-state index in [2.05, 4.69) is 15.3 Å². The van der Waals surface area contributed by atoms with Gasteiger partial charge in [0, 0.05) is 36.6 Å². The summed E-state index contributed by atoms with van der Waals surface area (Å²) < 4.78 is 1.94. The maximum atomic E-state index is 12.9. The van der Waals surface area contributed by atoms with Crippen LogP contribution in [0.1, 0.15) is 58.3 Å². The molecule has 0 saturated carbocycles. The van der Waals surface area contributed by atoms with Gasteiger partial charge in [-0.15, -0.1) is 0 Å². The Morgan fingerprint density at radius 3 is 3.09 bits per heavy atom. The van der Waals surface area contributed by atoms with E-state index < -0.39 is 0 Å². The van der Waals surface area contributed by atoms with E-state index in [4.69, 9.17) is 0 Å². The van der Waals surface area contributed by atoms with Crippen LogP contribution in [0.25, 0.3) is 0 Å². The molecule has 1 amide bonds. The van der Waals surface area contributed by atoms with E-state index in [1.807, 2.05) is 29.9 Å². The molecule has 0 spiro atoms. The second-order valence-electron chi connectivity index (χ2n) is 6.38. The molecule has 116 valence electrons. The smallest absolute Gasteiger partial charge is 0.274 e. The summed E-state index contributed by atoms with van der Waals surface area (Å²) in [7, 11) is 3.87. The number of hydrogen-bond donors (Lipinski definition) is 1. The third kappa shape index (κ3) is 1.90. The second-order valence-corrected chi connectivity index (χ2v) is 6.38. The fraction of sp³-hybridized carbons (Fsp3) is 0.562. The van der Waals surface area contributed by atoms with E-state index >= 15 is 0 Å². The average molecular weight is 299 g/mol. The number of amides is 1. The molecule has 0 radical (unpaired) electrons. The molecule has 2 aliphatic rings. The molecule has 1 N–H and O–H groups in total. The minimum absolute atomic E-state index is 0.0288. The molecule has 1 atom stereocenters. The number of aromatic nitrogens is 4. The van der Waals surface area contributed by atoms with Crippen LogP contribution >= 0.6 is 0 Å². The SMILES string of the molecule is CN(C(=O)c1n[nH]c2c1CCC2)C1CCCc2c1cnn2C. The molecule has 0 bridgehead atoms. The van der Waals surface area contributed by atoms with Crippen LogP contribution in [0.3, 0.4) is 0 Å². The number of H-pyrrole nitrogens is 1. The van der Waals surface area contributed by atoms with Crippen molar-refractivity contribution in [2.45, 2.75) is 44.6 Å². The standard InChI is InChI=1S/C16H21N5O/c1-20(13-7-4-8-14-11(13)9-17-21(14)2)16(22)15-10-5-3-6-12(10)18-19-15/h9,13H,3-8H2,1-2H3,(H,18,19). The molecule has 0 fully saturated rings. The first kappa shape index (κ1) is 13.5. The Morgan fingerprint density at radius 1 is 1.36 bits per heavy atom. The van der Waals surface area contributed by atoms with E-state index in [0.717, 1.165) is 49.8 Å². The lowest BCUT2D eigenvalue weighted by molar-refractivity contribution is 0.0707. The third-order valence-corrected chi connectivity index (χ3v) is 5.14. The number of aromatic amines is 1. The maximum absolute atomic E-state index is 12.9. The van der Waals surface area contributed by atoms with Gasteiger partial charge in [0.2, 0.25) is 0 Å². The van der Waals surface area contributed by atoms with Crippen molar-refractivity contribution in [3.63, 3.8) is 0 Å². The van der Waals surface area contributed by atoms with Gasteiger partial charge in [-0.2, -0.15) is 10.2 Å². The Morgan fingerprint density at radius 2 is 2.23 bits per heavy atom. The van der Waals surface area contributed by atoms with Gasteiger partial charge >= 0.3 is 0 Å². The summed E-state index contributed by atoms with van der Waals surface area (Å²) in [5, 5.41) is 11.7. The van der Waals surface area contributed by atoms with Crippen LogP contribution in [-0.2, 0) is 26.3 Å². The highest BCUT2D eigenvalue weighted by molar-refractivity contribution is 5.94. The van der Waals surface area contributed by atoms with Gasteiger partial charge in [-0.1, -0.05) is 0 Å². The Kier molecular flexibility index (Phi) is 3.06. The number of nitrogens with zero attached hydrogens (tertiary/aromatic N) is 4. The number of fused-ring (bicyclic) bond motifs is 2. The van der Waals surface area contributed by atoms with Gasteiger partial charge in [0.1, 0.15) is 0 Å². The lowest BCUT2D eigenvalue weighted by Gasteiger charge is -2.31. The number of carbonyl (C=O) groups excluding carboxylic acids is 1. The molecule has 2 aromatic rings. The van der Waals surface area contributed by atoms with Crippen LogP contribution in [0, 0.1) is 0 Å². The summed E-state index contributed by atoms with van der Waals surface area (Å²) in [6, 6.07) is 0.110. The zero-order valence-electron chi connectivity index (χ0n) is 13.1. The Labute approximate surface area is 129 Å². The van der Waals surface area contributed by atoms with Crippen molar-refractivity contribution in [3.05, 3.63) is 34.4 Å². The minimum Gasteiger partial charge on any atom is -0.333 e. The van der Waals surface area contributed by atoms with Gasteiger partial charge in [-0.25, -0.2) is 0 Å². The van der Waals surface area contributed by atoms with Crippen molar-refractivity contribution >= 4 is 5.91 Å². The predicted octanol–water partition coefficient (Wildman–Crippen LogP) is 1.78. The highest BCUT2D eigenvalue weighted by Gasteiger charge is 2.32. The van der Waals surface area contributed by atoms with E-state index in [0.29, 0.717) is 5.69 Å². The molecular weight excluding hydrogens is 278 g/mol. The molecule has 0 aromatic carbocycles. The van der Waals surface area contributed by atoms with Crippen molar-refractivity contribution in [2.75, 3.05) is 7.05 Å². The van der Waals surface area contributed by atoms with E-state index in [1.165, 1.54) is 11.3 Å². The number of nitrogens with one attached hydrogen (secondary N) is 1. The van der Waals surface area contributed by atoms with Crippen molar-refractivity contribution in [2.24, 2.45) is 7.05 Å². The van der Waals surface area contributed by atoms with E-state index in [9.17, 15) is 4.79 Å². The number of hydrogen-bond acceptors (Lipinski definition) is 3. The number of rotatable bonds is 2. The van der Waals surface area contributed by atoms with Crippen molar-refractivity contribution < 1.29 is 4.79 Å².